The predicted molar refractivity (Wildman–Crippen MR) is 87.3 cm³/mol. The molecule has 131 valence electrons. The van der Waals surface area contributed by atoms with Crippen molar-refractivity contribution < 1.29 is 14.2 Å². The van der Waals surface area contributed by atoms with E-state index < -0.39 is 12.4 Å². The van der Waals surface area contributed by atoms with Gasteiger partial charge in [0, 0.05) is 6.54 Å². The van der Waals surface area contributed by atoms with Crippen molar-refractivity contribution in [2.45, 2.75) is 32.7 Å². The second-order valence-electron chi connectivity index (χ2n) is 5.91. The van der Waals surface area contributed by atoms with Gasteiger partial charge in [-0.1, -0.05) is 25.1 Å². The van der Waals surface area contributed by atoms with E-state index in [0.717, 1.165) is 6.42 Å². The maximum Gasteiger partial charge on any atom is 0.196 e. The van der Waals surface area contributed by atoms with E-state index in [1.165, 1.54) is 0 Å². The zero-order valence-corrected chi connectivity index (χ0v) is 14.1. The number of nitrogens with one attached hydrogen (secondary N) is 2. The van der Waals surface area contributed by atoms with Gasteiger partial charge in [0.25, 0.3) is 0 Å². The third-order valence-corrected chi connectivity index (χ3v) is 3.62. The van der Waals surface area contributed by atoms with Crippen LogP contribution >= 0.6 is 0 Å². The summed E-state index contributed by atoms with van der Waals surface area (Å²) in [7, 11) is 0. The van der Waals surface area contributed by atoms with E-state index in [0.29, 0.717) is 37.1 Å². The average molecular weight is 334 g/mol. The molecule has 0 saturated carbocycles. The zero-order valence-electron chi connectivity index (χ0n) is 14.1. The van der Waals surface area contributed by atoms with Crippen molar-refractivity contribution in [1.82, 2.24) is 0 Å². The number of rotatable bonds is 10. The fourth-order valence-electron chi connectivity index (χ4n) is 2.34. The number of anilines is 1. The third-order valence-electron chi connectivity index (χ3n) is 3.62. The molecule has 1 saturated heterocycles. The first-order valence-corrected chi connectivity index (χ1v) is 8.03. The minimum Gasteiger partial charge on any atom is -0.481 e. The van der Waals surface area contributed by atoms with Crippen LogP contribution in [-0.2, 0) is 9.47 Å². The lowest BCUT2D eigenvalue weighted by molar-refractivity contribution is -0.107. The number of ether oxygens (including phenoxy) is 3. The smallest absolute Gasteiger partial charge is 0.196 e. The first-order valence-electron chi connectivity index (χ1n) is 8.03. The van der Waals surface area contributed by atoms with Gasteiger partial charge in [-0.05, 0) is 30.5 Å². The molecular formula is C16H24N5O3. The minimum atomic E-state index is -0.548. The zero-order chi connectivity index (χ0) is 17.4. The molecule has 0 spiro atoms. The van der Waals surface area contributed by atoms with E-state index in [9.17, 15) is 0 Å². The molecule has 1 aliphatic rings. The molecule has 0 aromatic heterocycles. The summed E-state index contributed by atoms with van der Waals surface area (Å²) in [4.78, 5) is 0. The molecule has 0 bridgehead atoms. The van der Waals surface area contributed by atoms with Crippen LogP contribution in [-0.4, -0.2) is 38.7 Å². The van der Waals surface area contributed by atoms with Gasteiger partial charge in [-0.3, -0.25) is 0 Å². The van der Waals surface area contributed by atoms with Crippen molar-refractivity contribution in [2.75, 3.05) is 31.3 Å². The number of hydrogen-bond donors (Lipinski definition) is 2. The van der Waals surface area contributed by atoms with Crippen LogP contribution in [0.25, 0.3) is 0 Å². The van der Waals surface area contributed by atoms with Gasteiger partial charge >= 0.3 is 0 Å². The fourth-order valence-corrected chi connectivity index (χ4v) is 2.34. The molecule has 1 aliphatic heterocycles. The predicted octanol–water partition coefficient (Wildman–Crippen LogP) is 3.44. The quantitative estimate of drug-likeness (QED) is 0.505. The van der Waals surface area contributed by atoms with Crippen molar-refractivity contribution in [3.63, 3.8) is 0 Å². The SMILES string of the molecule is CC(C)CCN(N=N)c1c[c]ccc1OC(CN=N)C1OCCO1. The maximum atomic E-state index is 7.45. The molecule has 24 heavy (non-hydrogen) atoms. The molecule has 1 fully saturated rings. The van der Waals surface area contributed by atoms with Crippen molar-refractivity contribution in [3.05, 3.63) is 24.3 Å². The molecule has 1 unspecified atom stereocenters. The highest BCUT2D eigenvalue weighted by Crippen LogP contribution is 2.30. The van der Waals surface area contributed by atoms with Crippen LogP contribution in [0.3, 0.4) is 0 Å². The van der Waals surface area contributed by atoms with Gasteiger partial charge in [-0.15, -0.1) is 0 Å². The first-order chi connectivity index (χ1) is 11.7. The van der Waals surface area contributed by atoms with E-state index in [4.69, 9.17) is 25.3 Å². The monoisotopic (exact) mass is 334 g/mol. The van der Waals surface area contributed by atoms with Crippen molar-refractivity contribution in [2.24, 2.45) is 16.3 Å². The van der Waals surface area contributed by atoms with Crippen LogP contribution < -0.4 is 9.75 Å². The Balaban J connectivity index is 2.16. The van der Waals surface area contributed by atoms with Crippen LogP contribution in [0.15, 0.2) is 28.5 Å². The highest BCUT2D eigenvalue weighted by atomic mass is 16.7. The van der Waals surface area contributed by atoms with Crippen LogP contribution in [0.4, 0.5) is 5.69 Å². The summed E-state index contributed by atoms with van der Waals surface area (Å²) in [5, 5.41) is 8.60. The van der Waals surface area contributed by atoms with Gasteiger partial charge in [-0.25, -0.2) is 10.5 Å². The molecule has 1 heterocycles. The Kier molecular flexibility index (Phi) is 7.07. The molecule has 0 amide bonds. The number of benzene rings is 1. The first kappa shape index (κ1) is 18.3. The lowest BCUT2D eigenvalue weighted by Gasteiger charge is -2.25. The Morgan fingerprint density at radius 3 is 2.75 bits per heavy atom. The van der Waals surface area contributed by atoms with Crippen molar-refractivity contribution >= 4 is 5.69 Å². The van der Waals surface area contributed by atoms with E-state index in [2.05, 4.69) is 30.3 Å². The van der Waals surface area contributed by atoms with Gasteiger partial charge in [0.15, 0.2) is 12.4 Å². The highest BCUT2D eigenvalue weighted by Gasteiger charge is 2.29. The summed E-state index contributed by atoms with van der Waals surface area (Å²) in [5.74, 6) is 1.04. The third kappa shape index (κ3) is 4.97. The molecule has 8 nitrogen and oxygen atoms in total. The normalized spacial score (nSPS) is 16.1. The second-order valence-corrected chi connectivity index (χ2v) is 5.91. The summed E-state index contributed by atoms with van der Waals surface area (Å²) in [6, 6.07) is 8.22. The lowest BCUT2D eigenvalue weighted by Crippen LogP contribution is -2.35. The summed E-state index contributed by atoms with van der Waals surface area (Å²) >= 11 is 0. The molecule has 1 aromatic carbocycles. The van der Waals surface area contributed by atoms with Crippen molar-refractivity contribution in [1.29, 1.82) is 11.1 Å². The summed E-state index contributed by atoms with van der Waals surface area (Å²) in [5.41, 5.74) is 15.2. The number of nitrogens with zero attached hydrogens (tertiary/aromatic N) is 3. The Labute approximate surface area is 142 Å². The Morgan fingerprint density at radius 2 is 2.12 bits per heavy atom. The molecule has 1 radical (unpaired) electrons. The largest absolute Gasteiger partial charge is 0.481 e. The molecule has 2 N–H and O–H groups in total. The van der Waals surface area contributed by atoms with Gasteiger partial charge in [0.1, 0.15) is 18.0 Å². The lowest BCUT2D eigenvalue weighted by atomic mass is 10.1. The molecule has 0 aliphatic carbocycles. The van der Waals surface area contributed by atoms with E-state index in [-0.39, 0.29) is 6.54 Å². The minimum absolute atomic E-state index is 0.132. The Bertz CT molecular complexity index is 534. The maximum absolute atomic E-state index is 7.45. The molecule has 1 atom stereocenters. The summed E-state index contributed by atoms with van der Waals surface area (Å²) < 4.78 is 16.9. The standard InChI is InChI=1S/C16H24N5O3/c1-12(2)7-8-21(20-18)13-5-3-4-6-14(13)24-15(11-19-17)16-22-9-10-23-16/h4-6,12,15-18H,7-11H2,1-2H3. The van der Waals surface area contributed by atoms with Gasteiger partial charge in [0.05, 0.1) is 13.2 Å². The van der Waals surface area contributed by atoms with Crippen LogP contribution in [0.2, 0.25) is 0 Å². The summed E-state index contributed by atoms with van der Waals surface area (Å²) in [6.07, 6.45) is -0.172. The van der Waals surface area contributed by atoms with Crippen LogP contribution in [0.1, 0.15) is 20.3 Å². The van der Waals surface area contributed by atoms with E-state index in [1.807, 2.05) is 0 Å². The highest BCUT2D eigenvalue weighted by molar-refractivity contribution is 5.57. The van der Waals surface area contributed by atoms with Gasteiger partial charge in [-0.2, -0.15) is 10.6 Å². The van der Waals surface area contributed by atoms with Crippen LogP contribution in [0, 0.1) is 23.0 Å². The van der Waals surface area contributed by atoms with E-state index >= 15 is 0 Å². The molecule has 2 rings (SSSR count). The van der Waals surface area contributed by atoms with Crippen molar-refractivity contribution in [3.8, 4) is 5.75 Å². The van der Waals surface area contributed by atoms with Gasteiger partial charge in [0.2, 0.25) is 0 Å². The topological polar surface area (TPSA) is 103 Å². The average Bonchev–Trinajstić information content (AvgIpc) is 3.10. The Hall–Kier alpha value is -2.06. The fraction of sp³-hybridized carbons (Fsp3) is 0.625. The Morgan fingerprint density at radius 1 is 1.38 bits per heavy atom. The van der Waals surface area contributed by atoms with E-state index in [1.54, 1.807) is 23.2 Å². The van der Waals surface area contributed by atoms with Gasteiger partial charge < -0.3 is 14.2 Å². The van der Waals surface area contributed by atoms with Crippen LogP contribution in [0.5, 0.6) is 5.75 Å². The summed E-state index contributed by atoms with van der Waals surface area (Å²) in [6.45, 7) is 5.99. The molecule has 1 aromatic rings. The molecule has 8 heteroatoms. The number of hydrogen-bond acceptors (Lipinski definition) is 7. The molecular weight excluding hydrogens is 310 g/mol. The second kappa shape index (κ2) is 9.29.